The van der Waals surface area contributed by atoms with Gasteiger partial charge in [-0.15, -0.1) is 0 Å². The Kier molecular flexibility index (Phi) is 4.14. The largest absolute Gasteiger partial charge is 0.310 e. The van der Waals surface area contributed by atoms with Gasteiger partial charge in [-0.2, -0.15) is 5.10 Å². The van der Waals surface area contributed by atoms with E-state index in [0.717, 1.165) is 6.54 Å². The van der Waals surface area contributed by atoms with Crippen molar-refractivity contribution in [1.29, 1.82) is 0 Å². The van der Waals surface area contributed by atoms with Crippen LogP contribution in [0.15, 0.2) is 18.5 Å². The quantitative estimate of drug-likeness (QED) is 0.777. The van der Waals surface area contributed by atoms with Gasteiger partial charge >= 0.3 is 0 Å². The van der Waals surface area contributed by atoms with Crippen molar-refractivity contribution >= 4 is 0 Å². The van der Waals surface area contributed by atoms with Crippen molar-refractivity contribution < 1.29 is 0 Å². The predicted molar refractivity (Wildman–Crippen MR) is 59.1 cm³/mol. The molecular formula is C11H21N3. The Morgan fingerprint density at radius 2 is 2.00 bits per heavy atom. The Bertz CT molecular complexity index is 241. The van der Waals surface area contributed by atoms with Crippen molar-refractivity contribution in [2.45, 2.75) is 46.3 Å². The van der Waals surface area contributed by atoms with Crippen LogP contribution in [-0.2, 0) is 6.54 Å². The Labute approximate surface area is 86.5 Å². The summed E-state index contributed by atoms with van der Waals surface area (Å²) in [5.41, 5.74) is 0. The van der Waals surface area contributed by atoms with Crippen LogP contribution >= 0.6 is 0 Å². The van der Waals surface area contributed by atoms with E-state index in [1.54, 1.807) is 0 Å². The summed E-state index contributed by atoms with van der Waals surface area (Å²) in [5.74, 6) is 0.676. The first kappa shape index (κ1) is 11.2. The monoisotopic (exact) mass is 195 g/mol. The minimum absolute atomic E-state index is 0.465. The van der Waals surface area contributed by atoms with E-state index in [1.807, 2.05) is 23.1 Å². The van der Waals surface area contributed by atoms with Gasteiger partial charge < -0.3 is 5.32 Å². The van der Waals surface area contributed by atoms with E-state index >= 15 is 0 Å². The van der Waals surface area contributed by atoms with Gasteiger partial charge in [-0.05, 0) is 25.8 Å². The molecule has 0 fully saturated rings. The van der Waals surface area contributed by atoms with Gasteiger partial charge in [0.15, 0.2) is 0 Å². The molecule has 1 heterocycles. The van der Waals surface area contributed by atoms with Crippen LogP contribution in [0.3, 0.4) is 0 Å². The van der Waals surface area contributed by atoms with Crippen LogP contribution in [0, 0.1) is 5.92 Å². The minimum atomic E-state index is 0.465. The molecule has 0 saturated heterocycles. The lowest BCUT2D eigenvalue weighted by atomic mass is 10.1. The van der Waals surface area contributed by atoms with E-state index in [-0.39, 0.29) is 0 Å². The molecule has 0 bridgehead atoms. The molecule has 0 aromatic carbocycles. The van der Waals surface area contributed by atoms with Gasteiger partial charge in [0, 0.05) is 24.5 Å². The summed E-state index contributed by atoms with van der Waals surface area (Å²) in [5, 5.41) is 7.74. The van der Waals surface area contributed by atoms with E-state index in [2.05, 4.69) is 38.1 Å². The summed E-state index contributed by atoms with van der Waals surface area (Å²) in [6, 6.07) is 2.98. The Morgan fingerprint density at radius 1 is 1.29 bits per heavy atom. The molecule has 1 aromatic heterocycles. The van der Waals surface area contributed by atoms with Crippen molar-refractivity contribution in [1.82, 2.24) is 15.1 Å². The molecule has 0 aliphatic rings. The molecule has 3 nitrogen and oxygen atoms in total. The van der Waals surface area contributed by atoms with Gasteiger partial charge in [-0.3, -0.25) is 4.68 Å². The second-order valence-electron chi connectivity index (χ2n) is 4.33. The maximum absolute atomic E-state index is 4.19. The van der Waals surface area contributed by atoms with E-state index in [4.69, 9.17) is 0 Å². The Balaban J connectivity index is 2.32. The summed E-state index contributed by atoms with van der Waals surface area (Å²) >= 11 is 0. The highest BCUT2D eigenvalue weighted by atomic mass is 15.3. The number of aromatic nitrogens is 2. The first-order valence-corrected chi connectivity index (χ1v) is 5.33. The van der Waals surface area contributed by atoms with E-state index in [1.165, 1.54) is 0 Å². The highest BCUT2D eigenvalue weighted by Gasteiger charge is 2.10. The molecule has 3 heteroatoms. The van der Waals surface area contributed by atoms with Gasteiger partial charge in [0.1, 0.15) is 0 Å². The van der Waals surface area contributed by atoms with Crippen LogP contribution in [-0.4, -0.2) is 21.9 Å². The second kappa shape index (κ2) is 5.15. The van der Waals surface area contributed by atoms with Crippen LogP contribution in [0.1, 0.15) is 27.7 Å². The number of nitrogens with one attached hydrogen (secondary N) is 1. The average Bonchev–Trinajstić information content (AvgIpc) is 2.56. The molecule has 0 aliphatic heterocycles. The normalized spacial score (nSPS) is 15.8. The molecular weight excluding hydrogens is 174 g/mol. The summed E-state index contributed by atoms with van der Waals surface area (Å²) < 4.78 is 1.96. The number of hydrogen-bond donors (Lipinski definition) is 1. The number of rotatable bonds is 5. The van der Waals surface area contributed by atoms with Crippen molar-refractivity contribution in [2.24, 2.45) is 5.92 Å². The van der Waals surface area contributed by atoms with Gasteiger partial charge in [0.2, 0.25) is 0 Å². The highest BCUT2D eigenvalue weighted by Crippen LogP contribution is 2.02. The Hall–Kier alpha value is -0.830. The molecule has 1 N–H and O–H groups in total. The van der Waals surface area contributed by atoms with E-state index in [0.29, 0.717) is 18.0 Å². The molecule has 14 heavy (non-hydrogen) atoms. The smallest absolute Gasteiger partial charge is 0.0560 e. The van der Waals surface area contributed by atoms with Crippen molar-refractivity contribution in [3.8, 4) is 0 Å². The molecule has 0 aliphatic carbocycles. The lowest BCUT2D eigenvalue weighted by molar-refractivity contribution is 0.352. The highest BCUT2D eigenvalue weighted by molar-refractivity contribution is 4.79. The standard InChI is InChI=1S/C11H21N3/c1-9(2)11(4)13-10(3)8-14-7-5-6-12-14/h5-7,9-11,13H,8H2,1-4H3. The van der Waals surface area contributed by atoms with E-state index in [9.17, 15) is 0 Å². The van der Waals surface area contributed by atoms with Crippen LogP contribution in [0.5, 0.6) is 0 Å². The van der Waals surface area contributed by atoms with Crippen LogP contribution in [0.2, 0.25) is 0 Å². The number of hydrogen-bond acceptors (Lipinski definition) is 2. The van der Waals surface area contributed by atoms with Crippen LogP contribution in [0.25, 0.3) is 0 Å². The van der Waals surface area contributed by atoms with Gasteiger partial charge in [-0.25, -0.2) is 0 Å². The molecule has 0 spiro atoms. The van der Waals surface area contributed by atoms with E-state index < -0.39 is 0 Å². The third-order valence-corrected chi connectivity index (χ3v) is 2.57. The van der Waals surface area contributed by atoms with Crippen LogP contribution < -0.4 is 5.32 Å². The Morgan fingerprint density at radius 3 is 2.50 bits per heavy atom. The van der Waals surface area contributed by atoms with Gasteiger partial charge in [-0.1, -0.05) is 13.8 Å². The summed E-state index contributed by atoms with van der Waals surface area (Å²) in [6.07, 6.45) is 3.82. The molecule has 1 aromatic rings. The maximum Gasteiger partial charge on any atom is 0.0560 e. The SMILES string of the molecule is CC(Cn1cccn1)NC(C)C(C)C. The lowest BCUT2D eigenvalue weighted by Crippen LogP contribution is -2.40. The fourth-order valence-corrected chi connectivity index (χ4v) is 1.38. The zero-order valence-electron chi connectivity index (χ0n) is 9.57. The third kappa shape index (κ3) is 3.50. The van der Waals surface area contributed by atoms with Gasteiger partial charge in [0.05, 0.1) is 6.54 Å². The zero-order chi connectivity index (χ0) is 10.6. The summed E-state index contributed by atoms with van der Waals surface area (Å²) in [6.45, 7) is 9.82. The third-order valence-electron chi connectivity index (χ3n) is 2.57. The molecule has 2 atom stereocenters. The topological polar surface area (TPSA) is 29.9 Å². The summed E-state index contributed by atoms with van der Waals surface area (Å²) in [4.78, 5) is 0. The first-order chi connectivity index (χ1) is 6.59. The number of nitrogens with zero attached hydrogens (tertiary/aromatic N) is 2. The molecule has 0 saturated carbocycles. The lowest BCUT2D eigenvalue weighted by Gasteiger charge is -2.22. The predicted octanol–water partition coefficient (Wildman–Crippen LogP) is 1.91. The zero-order valence-corrected chi connectivity index (χ0v) is 9.57. The van der Waals surface area contributed by atoms with Gasteiger partial charge in [0.25, 0.3) is 0 Å². The van der Waals surface area contributed by atoms with Crippen molar-refractivity contribution in [3.05, 3.63) is 18.5 Å². The van der Waals surface area contributed by atoms with Crippen LogP contribution in [0.4, 0.5) is 0 Å². The fourth-order valence-electron chi connectivity index (χ4n) is 1.38. The molecule has 2 unspecified atom stereocenters. The molecule has 1 rings (SSSR count). The molecule has 80 valence electrons. The fraction of sp³-hybridized carbons (Fsp3) is 0.727. The molecule has 0 radical (unpaired) electrons. The second-order valence-corrected chi connectivity index (χ2v) is 4.33. The maximum atomic E-state index is 4.19. The average molecular weight is 195 g/mol. The van der Waals surface area contributed by atoms with Crippen molar-refractivity contribution in [3.63, 3.8) is 0 Å². The minimum Gasteiger partial charge on any atom is -0.310 e. The molecule has 0 amide bonds. The first-order valence-electron chi connectivity index (χ1n) is 5.33. The summed E-state index contributed by atoms with van der Waals surface area (Å²) in [7, 11) is 0. The van der Waals surface area contributed by atoms with Crippen molar-refractivity contribution in [2.75, 3.05) is 0 Å².